The lowest BCUT2D eigenvalue weighted by Gasteiger charge is -2.26. The summed E-state index contributed by atoms with van der Waals surface area (Å²) in [5.74, 6) is -0.882. The van der Waals surface area contributed by atoms with Crippen LogP contribution in [0.2, 0.25) is 0 Å². The molecule has 0 bridgehead atoms. The van der Waals surface area contributed by atoms with Gasteiger partial charge in [-0.25, -0.2) is 12.7 Å². The van der Waals surface area contributed by atoms with E-state index in [4.69, 9.17) is 4.74 Å². The Balaban J connectivity index is 1.45. The van der Waals surface area contributed by atoms with E-state index >= 15 is 0 Å². The van der Waals surface area contributed by atoms with E-state index in [9.17, 15) is 18.0 Å². The molecule has 3 heterocycles. The minimum absolute atomic E-state index is 0.108. The highest BCUT2D eigenvalue weighted by atomic mass is 32.2. The summed E-state index contributed by atoms with van der Waals surface area (Å²) in [6, 6.07) is 7.19. The van der Waals surface area contributed by atoms with Crippen molar-refractivity contribution >= 4 is 21.8 Å². The van der Waals surface area contributed by atoms with Crippen molar-refractivity contribution in [2.45, 2.75) is 32.4 Å². The smallest absolute Gasteiger partial charge is 0.253 e. The number of hydrogen-bond acceptors (Lipinski definition) is 6. The average Bonchev–Trinajstić information content (AvgIpc) is 3.26. The second kappa shape index (κ2) is 8.88. The topological polar surface area (TPSA) is 87.2 Å². The van der Waals surface area contributed by atoms with Crippen LogP contribution >= 0.6 is 0 Å². The molecule has 170 valence electrons. The van der Waals surface area contributed by atoms with E-state index in [0.29, 0.717) is 18.5 Å². The van der Waals surface area contributed by atoms with E-state index in [-0.39, 0.29) is 30.2 Å². The van der Waals surface area contributed by atoms with Crippen molar-refractivity contribution in [3.63, 3.8) is 0 Å². The first-order valence-corrected chi connectivity index (χ1v) is 12.9. The number of carbonyl (C=O) groups is 2. The molecule has 0 saturated carbocycles. The predicted molar refractivity (Wildman–Crippen MR) is 116 cm³/mol. The quantitative estimate of drug-likeness (QED) is 0.648. The monoisotopic (exact) mass is 449 g/mol. The summed E-state index contributed by atoms with van der Waals surface area (Å²) >= 11 is 0. The highest BCUT2D eigenvalue weighted by Gasteiger charge is 2.55. The fraction of sp³-hybridized carbons (Fsp3) is 0.636. The van der Waals surface area contributed by atoms with E-state index < -0.39 is 16.1 Å². The molecule has 0 N–H and O–H groups in total. The van der Waals surface area contributed by atoms with Gasteiger partial charge in [-0.2, -0.15) is 0 Å². The fourth-order valence-corrected chi connectivity index (χ4v) is 6.32. The first kappa shape index (κ1) is 22.2. The molecule has 1 aromatic rings. The van der Waals surface area contributed by atoms with Crippen molar-refractivity contribution < 1.29 is 22.7 Å². The van der Waals surface area contributed by atoms with Crippen LogP contribution in [-0.4, -0.2) is 86.0 Å². The molecule has 1 aromatic carbocycles. The van der Waals surface area contributed by atoms with Crippen molar-refractivity contribution in [1.29, 1.82) is 0 Å². The molecule has 0 unspecified atom stereocenters. The molecule has 0 aliphatic carbocycles. The number of benzene rings is 1. The normalized spacial score (nSPS) is 27.0. The number of nitrogens with zero attached hydrogens (tertiary/aromatic N) is 3. The maximum Gasteiger partial charge on any atom is 0.253 e. The largest absolute Gasteiger partial charge is 0.379 e. The highest BCUT2D eigenvalue weighted by Crippen LogP contribution is 2.40. The van der Waals surface area contributed by atoms with Gasteiger partial charge in [0.25, 0.3) is 5.91 Å². The number of amides is 2. The molecule has 2 amide bonds. The van der Waals surface area contributed by atoms with Gasteiger partial charge in [0.15, 0.2) is 0 Å². The van der Waals surface area contributed by atoms with Gasteiger partial charge in [0, 0.05) is 50.1 Å². The lowest BCUT2D eigenvalue weighted by Crippen LogP contribution is -2.43. The predicted octanol–water partition coefficient (Wildman–Crippen LogP) is 1.18. The van der Waals surface area contributed by atoms with Crippen LogP contribution in [0.4, 0.5) is 0 Å². The lowest BCUT2D eigenvalue weighted by atomic mass is 9.89. The maximum atomic E-state index is 13.1. The van der Waals surface area contributed by atoms with E-state index in [1.807, 2.05) is 31.2 Å². The first-order chi connectivity index (χ1) is 14.8. The van der Waals surface area contributed by atoms with Gasteiger partial charge in [0.1, 0.15) is 0 Å². The Bertz CT molecular complexity index is 927. The van der Waals surface area contributed by atoms with Crippen molar-refractivity contribution in [3.8, 4) is 0 Å². The Morgan fingerprint density at radius 3 is 2.42 bits per heavy atom. The lowest BCUT2D eigenvalue weighted by molar-refractivity contribution is -0.128. The molecular weight excluding hydrogens is 418 g/mol. The summed E-state index contributed by atoms with van der Waals surface area (Å²) in [4.78, 5) is 29.9. The average molecular weight is 450 g/mol. The molecule has 8 nitrogen and oxygen atoms in total. The van der Waals surface area contributed by atoms with Crippen LogP contribution in [-0.2, 0) is 26.1 Å². The van der Waals surface area contributed by atoms with Gasteiger partial charge >= 0.3 is 0 Å². The SMILES string of the molecule is CCC[C@@H]1C(=O)N(S(C)(=O)=O)[C@@H]2CN(C(=O)c3ccc(CN4CCOCC4)cc3)C[C@@H]12. The Kier molecular flexibility index (Phi) is 6.37. The van der Waals surface area contributed by atoms with Crippen molar-refractivity contribution in [2.75, 3.05) is 45.6 Å². The van der Waals surface area contributed by atoms with Crippen LogP contribution in [0, 0.1) is 11.8 Å². The summed E-state index contributed by atoms with van der Waals surface area (Å²) in [6.45, 7) is 6.81. The van der Waals surface area contributed by atoms with Gasteiger partial charge in [-0.15, -0.1) is 0 Å². The standard InChI is InChI=1S/C22H31N3O5S/c1-3-4-18-19-14-24(15-20(19)25(22(18)27)31(2,28)29)21(26)17-7-5-16(6-8-17)13-23-9-11-30-12-10-23/h5-8,18-20H,3-4,9-15H2,1-2H3/t18-,19-,20+/m0/s1. The molecule has 0 spiro atoms. The van der Waals surface area contributed by atoms with Crippen LogP contribution in [0.5, 0.6) is 0 Å². The van der Waals surface area contributed by atoms with Crippen molar-refractivity contribution in [3.05, 3.63) is 35.4 Å². The molecule has 3 atom stereocenters. The number of hydrogen-bond donors (Lipinski definition) is 0. The Labute approximate surface area is 184 Å². The maximum absolute atomic E-state index is 13.1. The fourth-order valence-electron chi connectivity index (χ4n) is 5.14. The molecule has 0 aromatic heterocycles. The Hall–Kier alpha value is -1.97. The Morgan fingerprint density at radius 2 is 1.81 bits per heavy atom. The van der Waals surface area contributed by atoms with E-state index in [2.05, 4.69) is 4.90 Å². The van der Waals surface area contributed by atoms with Gasteiger partial charge in [-0.1, -0.05) is 25.5 Å². The van der Waals surface area contributed by atoms with Gasteiger partial charge in [0.2, 0.25) is 15.9 Å². The molecule has 3 aliphatic rings. The van der Waals surface area contributed by atoms with E-state index in [0.717, 1.165) is 55.4 Å². The zero-order valence-electron chi connectivity index (χ0n) is 18.2. The molecule has 0 radical (unpaired) electrons. The third kappa shape index (κ3) is 4.49. The second-order valence-corrected chi connectivity index (χ2v) is 10.7. The number of likely N-dealkylation sites (tertiary alicyclic amines) is 1. The Morgan fingerprint density at radius 1 is 1.13 bits per heavy atom. The summed E-state index contributed by atoms with van der Waals surface area (Å²) in [7, 11) is -3.66. The minimum Gasteiger partial charge on any atom is -0.379 e. The van der Waals surface area contributed by atoms with Crippen LogP contribution in [0.3, 0.4) is 0 Å². The minimum atomic E-state index is -3.66. The number of fused-ring (bicyclic) bond motifs is 1. The molecular formula is C22H31N3O5S. The van der Waals surface area contributed by atoms with Crippen molar-refractivity contribution in [1.82, 2.24) is 14.1 Å². The highest BCUT2D eigenvalue weighted by molar-refractivity contribution is 7.88. The number of rotatable bonds is 6. The van der Waals surface area contributed by atoms with Crippen LogP contribution < -0.4 is 0 Å². The summed E-state index contributed by atoms with van der Waals surface area (Å²) in [6.07, 6.45) is 2.52. The molecule has 3 fully saturated rings. The molecule has 3 aliphatic heterocycles. The second-order valence-electron chi connectivity index (χ2n) is 8.82. The number of carbonyl (C=O) groups excluding carboxylic acids is 2. The third-order valence-electron chi connectivity index (χ3n) is 6.64. The van der Waals surface area contributed by atoms with Gasteiger partial charge < -0.3 is 9.64 Å². The van der Waals surface area contributed by atoms with Crippen molar-refractivity contribution in [2.24, 2.45) is 11.8 Å². The number of sulfonamides is 1. The summed E-state index contributed by atoms with van der Waals surface area (Å²) in [5, 5.41) is 0. The van der Waals surface area contributed by atoms with Gasteiger partial charge in [-0.3, -0.25) is 14.5 Å². The van der Waals surface area contributed by atoms with E-state index in [1.165, 1.54) is 0 Å². The zero-order valence-corrected chi connectivity index (χ0v) is 19.0. The summed E-state index contributed by atoms with van der Waals surface area (Å²) < 4.78 is 31.0. The molecule has 9 heteroatoms. The first-order valence-electron chi connectivity index (χ1n) is 11.0. The zero-order chi connectivity index (χ0) is 22.2. The summed E-state index contributed by atoms with van der Waals surface area (Å²) in [5.41, 5.74) is 1.74. The molecule has 31 heavy (non-hydrogen) atoms. The number of ether oxygens (including phenoxy) is 1. The van der Waals surface area contributed by atoms with Gasteiger partial charge in [0.05, 0.1) is 25.5 Å². The van der Waals surface area contributed by atoms with Crippen LogP contribution in [0.15, 0.2) is 24.3 Å². The third-order valence-corrected chi connectivity index (χ3v) is 7.81. The molecule has 4 rings (SSSR count). The van der Waals surface area contributed by atoms with Crippen LogP contribution in [0.1, 0.15) is 35.7 Å². The van der Waals surface area contributed by atoms with Gasteiger partial charge in [-0.05, 0) is 24.1 Å². The van der Waals surface area contributed by atoms with Crippen LogP contribution in [0.25, 0.3) is 0 Å². The molecule has 3 saturated heterocycles. The van der Waals surface area contributed by atoms with E-state index in [1.54, 1.807) is 4.90 Å². The number of morpholine rings is 1.